The summed E-state index contributed by atoms with van der Waals surface area (Å²) in [6, 6.07) is 33.9. The fourth-order valence-electron chi connectivity index (χ4n) is 7.36. The number of phenols is 1. The van der Waals surface area contributed by atoms with Gasteiger partial charge in [-0.25, -0.2) is 0 Å². The number of nitrogens with zero attached hydrogens (tertiary/aromatic N) is 3. The summed E-state index contributed by atoms with van der Waals surface area (Å²) in [5, 5.41) is 42.2. The van der Waals surface area contributed by atoms with E-state index < -0.39 is 0 Å². The van der Waals surface area contributed by atoms with Crippen LogP contribution in [-0.4, -0.2) is 67.4 Å². The number of H-pyrrole nitrogens is 2. The monoisotopic (exact) mass is 979 g/mol. The number of aromatic nitrogens is 2. The Bertz CT molecular complexity index is 2800. The van der Waals surface area contributed by atoms with Crippen LogP contribution < -0.4 is 11.1 Å². The molecule has 0 saturated carbocycles. The molecule has 8 rings (SSSR count). The van der Waals surface area contributed by atoms with Gasteiger partial charge in [-0.3, -0.25) is 34.4 Å². The van der Waals surface area contributed by atoms with Gasteiger partial charge in [-0.15, -0.1) is 0 Å². The molecule has 1 aliphatic heterocycles. The average Bonchev–Trinajstić information content (AvgIpc) is 3.24. The van der Waals surface area contributed by atoms with Crippen molar-refractivity contribution in [2.75, 3.05) is 19.7 Å². The van der Waals surface area contributed by atoms with Crippen LogP contribution in [0.5, 0.6) is 17.5 Å². The van der Waals surface area contributed by atoms with Crippen molar-refractivity contribution in [1.29, 1.82) is 0 Å². The molecule has 0 radical (unpaired) electrons. The van der Waals surface area contributed by atoms with Crippen molar-refractivity contribution in [2.24, 2.45) is 15.9 Å². The fraction of sp³-hybridized carbons (Fsp3) is 0.191. The smallest absolute Gasteiger partial charge is 0.258 e. The average molecular weight is 981 g/mol. The van der Waals surface area contributed by atoms with Gasteiger partial charge >= 0.3 is 0 Å². The summed E-state index contributed by atoms with van der Waals surface area (Å²) in [6.07, 6.45) is 6.34. The Hall–Kier alpha value is -5.61. The van der Waals surface area contributed by atoms with Crippen LogP contribution in [0.3, 0.4) is 0 Å². The molecule has 1 fully saturated rings. The number of hydrogen-bond acceptors (Lipinski definition) is 9. The second-order valence-corrected chi connectivity index (χ2v) is 16.8. The minimum Gasteiger partial charge on any atom is -0.507 e. The van der Waals surface area contributed by atoms with E-state index in [0.717, 1.165) is 69.3 Å². The lowest BCUT2D eigenvalue weighted by Crippen LogP contribution is -2.33. The van der Waals surface area contributed by atoms with Crippen molar-refractivity contribution < 1.29 is 20.4 Å². The number of aliphatic hydroxyl groups is 1. The minimum absolute atomic E-state index is 0.191. The Morgan fingerprint density at radius 3 is 2.03 bits per heavy atom. The zero-order valence-corrected chi connectivity index (χ0v) is 36.2. The van der Waals surface area contributed by atoms with E-state index in [9.17, 15) is 24.9 Å². The van der Waals surface area contributed by atoms with Crippen LogP contribution in [0.2, 0.25) is 0 Å². The van der Waals surface area contributed by atoms with Crippen LogP contribution in [0.15, 0.2) is 133 Å². The van der Waals surface area contributed by atoms with Crippen LogP contribution in [0.1, 0.15) is 41.5 Å². The number of fused-ring (bicyclic) bond motifs is 2. The van der Waals surface area contributed by atoms with Crippen LogP contribution in [0, 0.1) is 9.49 Å². The van der Waals surface area contributed by atoms with Gasteiger partial charge in [-0.05, 0) is 132 Å². The number of aromatic hydroxyl groups is 3. The highest BCUT2D eigenvalue weighted by Crippen LogP contribution is 2.31. The van der Waals surface area contributed by atoms with Gasteiger partial charge < -0.3 is 20.4 Å². The topological polar surface area (TPSA) is 175 Å². The molecule has 0 unspecified atom stereocenters. The molecular formula is C47H43BrIN5O6. The maximum Gasteiger partial charge on any atom is 0.258 e. The molecule has 11 nitrogen and oxygen atoms in total. The molecule has 0 aliphatic carbocycles. The molecule has 3 heterocycles. The number of rotatable bonds is 10. The maximum absolute atomic E-state index is 12.1. The first-order chi connectivity index (χ1) is 29.1. The molecule has 13 heteroatoms. The van der Waals surface area contributed by atoms with E-state index >= 15 is 0 Å². The molecule has 0 amide bonds. The van der Waals surface area contributed by atoms with Crippen LogP contribution in [0.25, 0.3) is 32.7 Å². The van der Waals surface area contributed by atoms with Crippen LogP contribution in [-0.2, 0) is 13.1 Å². The Balaban J connectivity index is 0.000000182. The van der Waals surface area contributed by atoms with Crippen molar-refractivity contribution in [2.45, 2.75) is 32.4 Å². The number of aliphatic imine (C=N–C) groups is 2. The van der Waals surface area contributed by atoms with E-state index in [0.29, 0.717) is 45.1 Å². The molecule has 5 aromatic carbocycles. The third-order valence-electron chi connectivity index (χ3n) is 10.6. The standard InChI is InChI=1S/C24H26BrN3O3.C23H17IN2O3/c25-18-3-6-20-21(13-18)22(24(31)27-23(20)30)14-26-19-4-1-17(2-5-19)15-28-10-7-16(8-11-28)9-12-29;24-16-7-9-18-19(11-16)20(23(29)26-22(18)28)13-25-12-14-6-8-17(21(27)10-14)15-4-2-1-3-5-15/h1-6,13-14,16,29H,7-12,15H2,(H2,27,30,31);1-11,13,27H,12H2,(H2,26,28,29). The molecule has 1 saturated heterocycles. The highest BCUT2D eigenvalue weighted by Gasteiger charge is 2.19. The summed E-state index contributed by atoms with van der Waals surface area (Å²) < 4.78 is 1.78. The largest absolute Gasteiger partial charge is 0.507 e. The predicted molar refractivity (Wildman–Crippen MR) is 251 cm³/mol. The first-order valence-corrected chi connectivity index (χ1v) is 21.4. The number of likely N-dealkylation sites (tertiary alicyclic amines) is 1. The Kier molecular flexibility index (Phi) is 13.9. The third-order valence-corrected chi connectivity index (χ3v) is 11.7. The van der Waals surface area contributed by atoms with E-state index in [-0.39, 0.29) is 35.2 Å². The first kappa shape index (κ1) is 42.5. The molecule has 2 aromatic heterocycles. The summed E-state index contributed by atoms with van der Waals surface area (Å²) >= 11 is 5.58. The van der Waals surface area contributed by atoms with Gasteiger partial charge in [0, 0.05) is 60.7 Å². The van der Waals surface area contributed by atoms with E-state index in [1.807, 2.05) is 66.7 Å². The highest BCUT2D eigenvalue weighted by atomic mass is 127. The number of aliphatic hydroxyl groups excluding tert-OH is 1. The van der Waals surface area contributed by atoms with Gasteiger partial charge in [0.15, 0.2) is 0 Å². The number of hydrogen-bond donors (Lipinski definition) is 6. The van der Waals surface area contributed by atoms with Gasteiger partial charge in [0.25, 0.3) is 11.1 Å². The first-order valence-electron chi connectivity index (χ1n) is 19.5. The number of pyridine rings is 2. The molecule has 6 N–H and O–H groups in total. The van der Waals surface area contributed by atoms with Gasteiger partial charge in [0.05, 0.1) is 23.4 Å². The number of benzene rings is 5. The number of phenolic OH excluding ortho intramolecular Hbond substituents is 1. The summed E-state index contributed by atoms with van der Waals surface area (Å²) in [5.41, 5.74) is 4.82. The summed E-state index contributed by atoms with van der Waals surface area (Å²) in [6.45, 7) is 3.66. The lowest BCUT2D eigenvalue weighted by atomic mass is 9.94. The van der Waals surface area contributed by atoms with E-state index in [2.05, 4.69) is 75.5 Å². The minimum atomic E-state index is -0.340. The van der Waals surface area contributed by atoms with E-state index in [1.165, 1.54) is 5.56 Å². The molecule has 1 aliphatic rings. The van der Waals surface area contributed by atoms with E-state index in [1.54, 1.807) is 42.8 Å². The fourth-order valence-corrected chi connectivity index (χ4v) is 8.21. The van der Waals surface area contributed by atoms with Gasteiger partial charge in [0.2, 0.25) is 11.8 Å². The molecule has 0 spiro atoms. The summed E-state index contributed by atoms with van der Waals surface area (Å²) in [4.78, 5) is 40.4. The number of nitrogens with one attached hydrogen (secondary N) is 2. The molecule has 0 atom stereocenters. The van der Waals surface area contributed by atoms with Crippen LogP contribution in [0.4, 0.5) is 5.69 Å². The van der Waals surface area contributed by atoms with Crippen LogP contribution >= 0.6 is 38.5 Å². The van der Waals surface area contributed by atoms with Gasteiger partial charge in [-0.2, -0.15) is 0 Å². The molecule has 7 aromatic rings. The Morgan fingerprint density at radius 1 is 0.733 bits per heavy atom. The normalized spacial score (nSPS) is 13.7. The second kappa shape index (κ2) is 19.6. The number of aromatic amines is 2. The van der Waals surface area contributed by atoms with E-state index in [4.69, 9.17) is 5.11 Å². The maximum atomic E-state index is 12.1. The predicted octanol–water partition coefficient (Wildman–Crippen LogP) is 9.17. The Labute approximate surface area is 368 Å². The third kappa shape index (κ3) is 10.4. The summed E-state index contributed by atoms with van der Waals surface area (Å²) in [5.74, 6) is 0.436. The van der Waals surface area contributed by atoms with Crippen molar-refractivity contribution in [3.8, 4) is 28.6 Å². The van der Waals surface area contributed by atoms with Crippen molar-refractivity contribution in [3.05, 3.63) is 160 Å². The zero-order valence-electron chi connectivity index (χ0n) is 32.5. The van der Waals surface area contributed by atoms with Gasteiger partial charge in [-0.1, -0.05) is 70.5 Å². The summed E-state index contributed by atoms with van der Waals surface area (Å²) in [7, 11) is 0. The van der Waals surface area contributed by atoms with Crippen molar-refractivity contribution in [1.82, 2.24) is 14.9 Å². The SMILES string of the molecule is O=c1[nH]c(O)c(C=NCc2ccc(-c3ccccc3)c(O)c2)c2cc(I)ccc12.O=c1[nH]c(O)c(C=Nc2ccc(CN3CCC(CCO)CC3)cc2)c2cc(Br)ccc12. The molecular weight excluding hydrogens is 937 g/mol. The van der Waals surface area contributed by atoms with Gasteiger partial charge in [0.1, 0.15) is 5.75 Å². The Morgan fingerprint density at radius 2 is 1.37 bits per heavy atom. The lowest BCUT2D eigenvalue weighted by molar-refractivity contribution is 0.153. The highest BCUT2D eigenvalue weighted by molar-refractivity contribution is 14.1. The van der Waals surface area contributed by atoms with Crippen molar-refractivity contribution in [3.63, 3.8) is 0 Å². The van der Waals surface area contributed by atoms with Crippen molar-refractivity contribution >= 4 is 78.2 Å². The number of halogens is 2. The zero-order chi connectivity index (χ0) is 42.2. The molecule has 0 bridgehead atoms. The second-order valence-electron chi connectivity index (χ2n) is 14.7. The number of piperidine rings is 1. The molecule has 60 heavy (non-hydrogen) atoms. The lowest BCUT2D eigenvalue weighted by Gasteiger charge is -2.31. The quantitative estimate of drug-likeness (QED) is 0.0586. The molecule has 306 valence electrons.